The Kier molecular flexibility index (Phi) is 4.80. The summed E-state index contributed by atoms with van der Waals surface area (Å²) >= 11 is 1.56. The summed E-state index contributed by atoms with van der Waals surface area (Å²) in [6.07, 6.45) is 0. The van der Waals surface area contributed by atoms with Crippen LogP contribution in [0.25, 0.3) is 0 Å². The van der Waals surface area contributed by atoms with Crippen molar-refractivity contribution in [2.75, 3.05) is 11.9 Å². The summed E-state index contributed by atoms with van der Waals surface area (Å²) in [7, 11) is -3.46. The molecule has 2 rings (SSSR count). The third-order valence-corrected chi connectivity index (χ3v) is 5.38. The van der Waals surface area contributed by atoms with Gasteiger partial charge in [0.25, 0.3) is 0 Å². The fourth-order valence-corrected chi connectivity index (χ4v) is 3.72. The summed E-state index contributed by atoms with van der Waals surface area (Å²) in [5, 5.41) is 5.10. The van der Waals surface area contributed by atoms with Crippen molar-refractivity contribution in [3.63, 3.8) is 0 Å². The molecule has 0 aliphatic heterocycles. The average molecular weight is 310 g/mol. The number of benzene rings is 1. The molecule has 0 unspecified atom stereocenters. The van der Waals surface area contributed by atoms with Gasteiger partial charge in [-0.15, -0.1) is 11.3 Å². The predicted octanol–water partition coefficient (Wildman–Crippen LogP) is 2.97. The molecule has 20 heavy (non-hydrogen) atoms. The van der Waals surface area contributed by atoms with Crippen LogP contribution in [0.4, 0.5) is 5.69 Å². The summed E-state index contributed by atoms with van der Waals surface area (Å²) < 4.78 is 27.0. The van der Waals surface area contributed by atoms with Crippen LogP contribution in [-0.4, -0.2) is 15.0 Å². The van der Waals surface area contributed by atoms with E-state index in [9.17, 15) is 8.42 Å². The average Bonchev–Trinajstić information content (AvgIpc) is 2.83. The van der Waals surface area contributed by atoms with E-state index in [1.165, 1.54) is 0 Å². The van der Waals surface area contributed by atoms with Crippen molar-refractivity contribution in [1.82, 2.24) is 4.72 Å². The number of hydrogen-bond donors (Lipinski definition) is 2. The van der Waals surface area contributed by atoms with Gasteiger partial charge in [-0.25, -0.2) is 13.1 Å². The van der Waals surface area contributed by atoms with E-state index in [2.05, 4.69) is 10.0 Å². The van der Waals surface area contributed by atoms with Crippen molar-refractivity contribution in [1.29, 1.82) is 0 Å². The summed E-state index contributed by atoms with van der Waals surface area (Å²) in [5.41, 5.74) is 2.03. The smallest absolute Gasteiger partial charge is 0.240 e. The highest BCUT2D eigenvalue weighted by molar-refractivity contribution is 7.89. The highest BCUT2D eigenvalue weighted by atomic mass is 32.2. The molecule has 0 atom stereocenters. The maximum absolute atomic E-state index is 12.2. The monoisotopic (exact) mass is 310 g/mol. The third-order valence-electron chi connectivity index (χ3n) is 2.94. The van der Waals surface area contributed by atoms with Crippen LogP contribution in [0.2, 0.25) is 0 Å². The van der Waals surface area contributed by atoms with Gasteiger partial charge in [-0.2, -0.15) is 0 Å². The molecule has 0 aliphatic carbocycles. The van der Waals surface area contributed by atoms with Crippen LogP contribution in [0.3, 0.4) is 0 Å². The van der Waals surface area contributed by atoms with E-state index < -0.39 is 10.0 Å². The Morgan fingerprint density at radius 3 is 2.40 bits per heavy atom. The molecule has 1 heterocycles. The zero-order valence-electron chi connectivity index (χ0n) is 11.5. The van der Waals surface area contributed by atoms with Gasteiger partial charge in [0, 0.05) is 23.7 Å². The molecule has 6 heteroatoms. The molecule has 0 saturated carbocycles. The van der Waals surface area contributed by atoms with E-state index in [0.717, 1.165) is 22.7 Å². The van der Waals surface area contributed by atoms with Crippen LogP contribution in [0.15, 0.2) is 40.6 Å². The first-order chi connectivity index (χ1) is 9.53. The van der Waals surface area contributed by atoms with E-state index in [1.54, 1.807) is 35.6 Å². The Morgan fingerprint density at radius 2 is 1.85 bits per heavy atom. The zero-order chi connectivity index (χ0) is 14.6. The van der Waals surface area contributed by atoms with Gasteiger partial charge in [0.1, 0.15) is 0 Å². The van der Waals surface area contributed by atoms with Crippen molar-refractivity contribution < 1.29 is 8.42 Å². The lowest BCUT2D eigenvalue weighted by Crippen LogP contribution is -2.23. The number of hydrogen-bond acceptors (Lipinski definition) is 4. The normalized spacial score (nSPS) is 11.5. The SMILES string of the molecule is CCNc1ccc(S(=O)(=O)NCc2sccc2C)cc1. The zero-order valence-corrected chi connectivity index (χ0v) is 13.1. The number of anilines is 1. The summed E-state index contributed by atoms with van der Waals surface area (Å²) in [4.78, 5) is 1.33. The van der Waals surface area contributed by atoms with Crippen LogP contribution < -0.4 is 10.0 Å². The maximum Gasteiger partial charge on any atom is 0.240 e. The first-order valence-corrected chi connectivity index (χ1v) is 8.76. The Morgan fingerprint density at radius 1 is 1.15 bits per heavy atom. The quantitative estimate of drug-likeness (QED) is 0.862. The van der Waals surface area contributed by atoms with Crippen LogP contribution in [0.1, 0.15) is 17.4 Å². The maximum atomic E-state index is 12.2. The van der Waals surface area contributed by atoms with E-state index in [1.807, 2.05) is 25.3 Å². The van der Waals surface area contributed by atoms with E-state index in [-0.39, 0.29) is 4.90 Å². The number of nitrogens with one attached hydrogen (secondary N) is 2. The molecule has 0 bridgehead atoms. The van der Waals surface area contributed by atoms with Crippen molar-refractivity contribution >= 4 is 27.0 Å². The van der Waals surface area contributed by atoms with Crippen LogP contribution in [0, 0.1) is 6.92 Å². The van der Waals surface area contributed by atoms with Crippen LogP contribution in [-0.2, 0) is 16.6 Å². The van der Waals surface area contributed by atoms with Gasteiger partial charge in [0.05, 0.1) is 4.90 Å². The molecule has 4 nitrogen and oxygen atoms in total. The Balaban J connectivity index is 2.08. The molecule has 108 valence electrons. The van der Waals surface area contributed by atoms with Gasteiger partial charge in [-0.1, -0.05) is 0 Å². The topological polar surface area (TPSA) is 58.2 Å². The van der Waals surface area contributed by atoms with Crippen molar-refractivity contribution in [3.05, 3.63) is 46.2 Å². The van der Waals surface area contributed by atoms with Gasteiger partial charge >= 0.3 is 0 Å². The Labute approximate surface area is 123 Å². The second kappa shape index (κ2) is 6.39. The minimum Gasteiger partial charge on any atom is -0.385 e. The molecule has 1 aromatic heterocycles. The summed E-state index contributed by atoms with van der Waals surface area (Å²) in [6.45, 7) is 5.11. The van der Waals surface area contributed by atoms with Crippen molar-refractivity contribution in [3.8, 4) is 0 Å². The second-order valence-electron chi connectivity index (χ2n) is 4.41. The lowest BCUT2D eigenvalue weighted by atomic mass is 10.3. The van der Waals surface area contributed by atoms with E-state index >= 15 is 0 Å². The lowest BCUT2D eigenvalue weighted by molar-refractivity contribution is 0.582. The molecule has 2 aromatic rings. The molecular formula is C14H18N2O2S2. The predicted molar refractivity (Wildman–Crippen MR) is 83.7 cm³/mol. The third kappa shape index (κ3) is 3.59. The molecule has 0 radical (unpaired) electrons. The molecule has 0 amide bonds. The second-order valence-corrected chi connectivity index (χ2v) is 7.17. The molecule has 0 fully saturated rings. The minimum absolute atomic E-state index is 0.286. The van der Waals surface area contributed by atoms with Gasteiger partial charge in [-0.05, 0) is 55.1 Å². The molecule has 1 aromatic carbocycles. The first kappa shape index (κ1) is 15.0. The summed E-state index contributed by atoms with van der Waals surface area (Å²) in [5.74, 6) is 0. The van der Waals surface area contributed by atoms with Crippen LogP contribution in [0.5, 0.6) is 0 Å². The Bertz CT molecular complexity index is 661. The molecular weight excluding hydrogens is 292 g/mol. The number of aryl methyl sites for hydroxylation is 1. The van der Waals surface area contributed by atoms with Gasteiger partial charge < -0.3 is 5.32 Å². The molecule has 0 saturated heterocycles. The highest BCUT2D eigenvalue weighted by Crippen LogP contribution is 2.17. The lowest BCUT2D eigenvalue weighted by Gasteiger charge is -2.08. The van der Waals surface area contributed by atoms with Crippen LogP contribution >= 0.6 is 11.3 Å². The molecule has 0 spiro atoms. The fourth-order valence-electron chi connectivity index (χ4n) is 1.79. The molecule has 2 N–H and O–H groups in total. The number of rotatable bonds is 6. The van der Waals surface area contributed by atoms with Gasteiger partial charge in [0.15, 0.2) is 0 Å². The largest absolute Gasteiger partial charge is 0.385 e. The number of thiophene rings is 1. The molecule has 0 aliphatic rings. The standard InChI is InChI=1S/C14H18N2O2S2/c1-3-15-12-4-6-13(7-5-12)20(17,18)16-10-14-11(2)8-9-19-14/h4-9,15-16H,3,10H2,1-2H3. The van der Waals surface area contributed by atoms with E-state index in [4.69, 9.17) is 0 Å². The number of sulfonamides is 1. The first-order valence-electron chi connectivity index (χ1n) is 6.39. The van der Waals surface area contributed by atoms with Crippen molar-refractivity contribution in [2.45, 2.75) is 25.3 Å². The summed E-state index contributed by atoms with van der Waals surface area (Å²) in [6, 6.07) is 8.76. The highest BCUT2D eigenvalue weighted by Gasteiger charge is 2.14. The van der Waals surface area contributed by atoms with Gasteiger partial charge in [0.2, 0.25) is 10.0 Å². The van der Waals surface area contributed by atoms with Crippen molar-refractivity contribution in [2.24, 2.45) is 0 Å². The Hall–Kier alpha value is -1.37. The van der Waals surface area contributed by atoms with Gasteiger partial charge in [-0.3, -0.25) is 0 Å². The fraction of sp³-hybridized carbons (Fsp3) is 0.286. The van der Waals surface area contributed by atoms with E-state index in [0.29, 0.717) is 6.54 Å². The minimum atomic E-state index is -3.46.